The van der Waals surface area contributed by atoms with E-state index >= 15 is 0 Å². The van der Waals surface area contributed by atoms with Gasteiger partial charge in [-0.1, -0.05) is 12.1 Å². The molecule has 202 valence electrons. The predicted octanol–water partition coefficient (Wildman–Crippen LogP) is 5.94. The number of urea groups is 1. The summed E-state index contributed by atoms with van der Waals surface area (Å²) in [5.74, 6) is -0.429. The Labute approximate surface area is 223 Å². The van der Waals surface area contributed by atoms with Crippen LogP contribution in [0.3, 0.4) is 0 Å². The van der Waals surface area contributed by atoms with Crippen LogP contribution in [0, 0.1) is 12.7 Å². The van der Waals surface area contributed by atoms with Crippen molar-refractivity contribution in [1.82, 2.24) is 20.3 Å². The van der Waals surface area contributed by atoms with E-state index in [1.54, 1.807) is 25.1 Å². The number of nitrogens with two attached hydrogens (primary N) is 1. The molecule has 4 aromatic rings. The Morgan fingerprint density at radius 1 is 1.00 bits per heavy atom. The number of carbonyl (C=O) groups is 1. The summed E-state index contributed by atoms with van der Waals surface area (Å²) in [5.41, 5.74) is 9.06. The van der Waals surface area contributed by atoms with Crippen molar-refractivity contribution in [2.45, 2.75) is 26.7 Å². The zero-order valence-electron chi connectivity index (χ0n) is 21.3. The van der Waals surface area contributed by atoms with E-state index in [-0.39, 0.29) is 24.5 Å². The minimum Gasteiger partial charge on any atom is -0.477 e. The Morgan fingerprint density at radius 2 is 1.72 bits per heavy atom. The highest BCUT2D eigenvalue weighted by molar-refractivity contribution is 5.89. The fourth-order valence-corrected chi connectivity index (χ4v) is 3.94. The number of hydrogen-bond acceptors (Lipinski definition) is 6. The van der Waals surface area contributed by atoms with E-state index in [2.05, 4.69) is 25.6 Å². The van der Waals surface area contributed by atoms with E-state index in [1.807, 2.05) is 19.1 Å². The lowest BCUT2D eigenvalue weighted by molar-refractivity contribution is 0.146. The van der Waals surface area contributed by atoms with E-state index in [9.17, 15) is 18.0 Å². The molecule has 0 aliphatic rings. The van der Waals surface area contributed by atoms with Crippen molar-refractivity contribution in [3.8, 4) is 28.3 Å². The molecule has 0 fully saturated rings. The van der Waals surface area contributed by atoms with Crippen LogP contribution in [0.4, 0.5) is 29.6 Å². The van der Waals surface area contributed by atoms with Crippen LogP contribution >= 0.6 is 0 Å². The van der Waals surface area contributed by atoms with Gasteiger partial charge in [0.05, 0.1) is 17.9 Å². The first-order valence-electron chi connectivity index (χ1n) is 12.2. The number of pyridine rings is 1. The monoisotopic (exact) mass is 536 g/mol. The first-order chi connectivity index (χ1) is 18.7. The first kappa shape index (κ1) is 27.4. The van der Waals surface area contributed by atoms with Crippen molar-refractivity contribution < 1.29 is 22.7 Å². The van der Waals surface area contributed by atoms with Gasteiger partial charge in [-0.2, -0.15) is 4.98 Å². The maximum Gasteiger partial charge on any atom is 0.319 e. The number of nitrogen functional groups attached to an aromatic ring is 1. The number of hydrogen-bond donors (Lipinski definition) is 3. The summed E-state index contributed by atoms with van der Waals surface area (Å²) in [4.78, 5) is 24.2. The molecule has 0 aliphatic carbocycles. The number of halogens is 3. The number of amides is 2. The van der Waals surface area contributed by atoms with Gasteiger partial charge in [0.1, 0.15) is 11.5 Å². The smallest absolute Gasteiger partial charge is 0.319 e. The number of carbonyl (C=O) groups excluding carboxylic acids is 1. The number of nitrogens with one attached hydrogen (secondary N) is 2. The van der Waals surface area contributed by atoms with Gasteiger partial charge in [0.25, 0.3) is 6.43 Å². The molecule has 2 aromatic carbocycles. The Bertz CT molecular complexity index is 1450. The molecule has 8 nitrogen and oxygen atoms in total. The third-order valence-electron chi connectivity index (χ3n) is 5.67. The molecule has 2 amide bonds. The molecule has 0 atom stereocenters. The fraction of sp³-hybridized carbons (Fsp3) is 0.214. The number of aryl methyl sites for hydroxylation is 1. The van der Waals surface area contributed by atoms with Gasteiger partial charge in [0, 0.05) is 29.9 Å². The molecule has 4 rings (SSSR count). The van der Waals surface area contributed by atoms with Crippen LogP contribution in [0.2, 0.25) is 0 Å². The van der Waals surface area contributed by atoms with Crippen LogP contribution in [0.5, 0.6) is 5.88 Å². The van der Waals surface area contributed by atoms with Crippen LogP contribution < -0.4 is 21.1 Å². The normalized spacial score (nSPS) is 10.9. The zero-order chi connectivity index (χ0) is 27.9. The van der Waals surface area contributed by atoms with E-state index in [4.69, 9.17) is 10.5 Å². The van der Waals surface area contributed by atoms with E-state index < -0.39 is 17.9 Å². The largest absolute Gasteiger partial charge is 0.477 e. The topological polar surface area (TPSA) is 115 Å². The Balaban J connectivity index is 1.65. The van der Waals surface area contributed by atoms with Crippen LogP contribution in [0.25, 0.3) is 22.4 Å². The lowest BCUT2D eigenvalue weighted by Crippen LogP contribution is -2.28. The van der Waals surface area contributed by atoms with E-state index in [1.165, 1.54) is 30.3 Å². The van der Waals surface area contributed by atoms with Crippen LogP contribution in [0.1, 0.15) is 30.3 Å². The van der Waals surface area contributed by atoms with Crippen molar-refractivity contribution in [2.24, 2.45) is 0 Å². The van der Waals surface area contributed by atoms with Gasteiger partial charge < -0.3 is 21.1 Å². The Kier molecular flexibility index (Phi) is 8.60. The van der Waals surface area contributed by atoms with Gasteiger partial charge in [-0.15, -0.1) is 0 Å². The lowest BCUT2D eigenvalue weighted by atomic mass is 9.99. The van der Waals surface area contributed by atoms with E-state index in [0.717, 1.165) is 5.56 Å². The fourth-order valence-electron chi connectivity index (χ4n) is 3.94. The number of nitrogens with zero attached hydrogens (tertiary/aromatic N) is 3. The molecule has 2 heterocycles. The minimum absolute atomic E-state index is 0.0891. The summed E-state index contributed by atoms with van der Waals surface area (Å²) in [6.07, 6.45) is -2.31. The summed E-state index contributed by atoms with van der Waals surface area (Å²) in [6.45, 7) is 4.13. The summed E-state index contributed by atoms with van der Waals surface area (Å²) in [6, 6.07) is 15.4. The average molecular weight is 537 g/mol. The molecule has 0 unspecified atom stereocenters. The van der Waals surface area contributed by atoms with Gasteiger partial charge in [-0.05, 0) is 73.5 Å². The second-order valence-electron chi connectivity index (χ2n) is 8.62. The number of ether oxygens (including phenoxy) is 1. The van der Waals surface area contributed by atoms with Gasteiger partial charge >= 0.3 is 6.03 Å². The molecule has 11 heteroatoms. The second-order valence-corrected chi connectivity index (χ2v) is 8.62. The average Bonchev–Trinajstić information content (AvgIpc) is 2.89. The molecule has 0 aliphatic heterocycles. The SMILES string of the molecule is CCNC(=O)Nc1ccc(CCOc2nc(N)nc(-c3ccc(F)cc3)c2-c2cc(C)nc(C(F)F)c2)cc1. The van der Waals surface area contributed by atoms with E-state index in [0.29, 0.717) is 46.7 Å². The van der Waals surface area contributed by atoms with Crippen LogP contribution in [0.15, 0.2) is 60.7 Å². The summed E-state index contributed by atoms with van der Waals surface area (Å²) in [7, 11) is 0. The number of anilines is 2. The quantitative estimate of drug-likeness (QED) is 0.244. The Morgan fingerprint density at radius 3 is 2.38 bits per heavy atom. The first-order valence-corrected chi connectivity index (χ1v) is 12.2. The summed E-state index contributed by atoms with van der Waals surface area (Å²) in [5, 5.41) is 5.39. The molecule has 39 heavy (non-hydrogen) atoms. The van der Waals surface area contributed by atoms with Crippen LogP contribution in [-0.4, -0.2) is 34.1 Å². The highest BCUT2D eigenvalue weighted by atomic mass is 19.3. The van der Waals surface area contributed by atoms with Crippen molar-refractivity contribution >= 4 is 17.7 Å². The highest BCUT2D eigenvalue weighted by Crippen LogP contribution is 2.39. The van der Waals surface area contributed by atoms with Crippen LogP contribution in [-0.2, 0) is 6.42 Å². The summed E-state index contributed by atoms with van der Waals surface area (Å²) >= 11 is 0. The van der Waals surface area contributed by atoms with Crippen molar-refractivity contribution in [3.63, 3.8) is 0 Å². The second kappa shape index (κ2) is 12.2. The molecule has 0 spiro atoms. The molecule has 2 aromatic heterocycles. The standard InChI is InChI=1S/C28H27F3N6O2/c1-3-33-28(38)35-21-10-4-17(5-11-21)12-13-39-26-23(19-14-16(2)34-22(15-19)25(30)31)24(36-27(32)37-26)18-6-8-20(29)9-7-18/h4-11,14-15,25H,3,12-13H2,1-2H3,(H2,32,36,37)(H2,33,35,38). The molecular formula is C28H27F3N6O2. The highest BCUT2D eigenvalue weighted by Gasteiger charge is 2.21. The maximum atomic E-state index is 13.6. The lowest BCUT2D eigenvalue weighted by Gasteiger charge is -2.17. The van der Waals surface area contributed by atoms with Crippen molar-refractivity contribution in [2.75, 3.05) is 24.2 Å². The van der Waals surface area contributed by atoms with Crippen molar-refractivity contribution in [3.05, 3.63) is 83.4 Å². The number of alkyl halides is 2. The summed E-state index contributed by atoms with van der Waals surface area (Å²) < 4.78 is 46.8. The maximum absolute atomic E-state index is 13.6. The van der Waals surface area contributed by atoms with Gasteiger partial charge in [-0.25, -0.2) is 22.9 Å². The zero-order valence-corrected chi connectivity index (χ0v) is 21.3. The third-order valence-corrected chi connectivity index (χ3v) is 5.67. The predicted molar refractivity (Wildman–Crippen MR) is 143 cm³/mol. The van der Waals surface area contributed by atoms with Crippen molar-refractivity contribution in [1.29, 1.82) is 0 Å². The third kappa shape index (κ3) is 7.01. The van der Waals surface area contributed by atoms with Gasteiger partial charge in [0.2, 0.25) is 11.8 Å². The van der Waals surface area contributed by atoms with Gasteiger partial charge in [0.15, 0.2) is 0 Å². The molecule has 0 saturated carbocycles. The molecule has 4 N–H and O–H groups in total. The number of benzene rings is 2. The molecule has 0 bridgehead atoms. The molecule has 0 saturated heterocycles. The number of rotatable bonds is 9. The molecular weight excluding hydrogens is 509 g/mol. The molecule has 0 radical (unpaired) electrons. The Hall–Kier alpha value is -4.67. The minimum atomic E-state index is -2.79. The number of aromatic nitrogens is 3. The van der Waals surface area contributed by atoms with Gasteiger partial charge in [-0.3, -0.25) is 4.98 Å².